The first-order valence-electron chi connectivity index (χ1n) is 8.04. The number of benzene rings is 3. The van der Waals surface area contributed by atoms with E-state index < -0.39 is 5.41 Å². The molecule has 3 rings (SSSR count). The summed E-state index contributed by atoms with van der Waals surface area (Å²) in [5, 5.41) is 9.32. The van der Waals surface area contributed by atoms with Gasteiger partial charge in [-0.2, -0.15) is 5.26 Å². The SMILES string of the molecule is CC(C)(C#N)c1ccc(N(c2ccccc2)c2ccccc2)cc1. The predicted molar refractivity (Wildman–Crippen MR) is 99.8 cm³/mol. The highest BCUT2D eigenvalue weighted by Gasteiger charge is 2.20. The van der Waals surface area contributed by atoms with Crippen LogP contribution >= 0.6 is 0 Å². The van der Waals surface area contributed by atoms with E-state index in [0.29, 0.717) is 0 Å². The van der Waals surface area contributed by atoms with Crippen LogP contribution in [0.4, 0.5) is 17.1 Å². The van der Waals surface area contributed by atoms with Crippen molar-refractivity contribution in [3.63, 3.8) is 0 Å². The first-order chi connectivity index (χ1) is 11.6. The van der Waals surface area contributed by atoms with E-state index in [-0.39, 0.29) is 0 Å². The third-order valence-electron chi connectivity index (χ3n) is 4.16. The fraction of sp³-hybridized carbons (Fsp3) is 0.136. The van der Waals surface area contributed by atoms with Gasteiger partial charge in [-0.15, -0.1) is 0 Å². The van der Waals surface area contributed by atoms with Crippen molar-refractivity contribution in [3.8, 4) is 6.07 Å². The molecule has 118 valence electrons. The monoisotopic (exact) mass is 312 g/mol. The highest BCUT2D eigenvalue weighted by Crippen LogP contribution is 2.35. The molecule has 0 N–H and O–H groups in total. The molecule has 0 aliphatic heterocycles. The van der Waals surface area contributed by atoms with Crippen LogP contribution in [0.5, 0.6) is 0 Å². The average molecular weight is 312 g/mol. The van der Waals surface area contributed by atoms with E-state index in [1.807, 2.05) is 62.4 Å². The second-order valence-electron chi connectivity index (χ2n) is 6.29. The van der Waals surface area contributed by atoms with Crippen LogP contribution in [0, 0.1) is 11.3 Å². The maximum atomic E-state index is 9.32. The van der Waals surface area contributed by atoms with Crippen molar-refractivity contribution in [2.24, 2.45) is 0 Å². The third-order valence-corrected chi connectivity index (χ3v) is 4.16. The van der Waals surface area contributed by atoms with E-state index in [0.717, 1.165) is 22.6 Å². The van der Waals surface area contributed by atoms with Crippen LogP contribution in [-0.4, -0.2) is 0 Å². The highest BCUT2D eigenvalue weighted by atomic mass is 15.1. The number of rotatable bonds is 4. The minimum absolute atomic E-state index is 0.483. The second-order valence-corrected chi connectivity index (χ2v) is 6.29. The van der Waals surface area contributed by atoms with Crippen molar-refractivity contribution >= 4 is 17.1 Å². The molecule has 0 radical (unpaired) electrons. The summed E-state index contributed by atoms with van der Waals surface area (Å²) >= 11 is 0. The van der Waals surface area contributed by atoms with Gasteiger partial charge >= 0.3 is 0 Å². The van der Waals surface area contributed by atoms with E-state index in [1.165, 1.54) is 0 Å². The number of para-hydroxylation sites is 2. The summed E-state index contributed by atoms with van der Waals surface area (Å²) in [6.45, 7) is 3.88. The molecule has 0 atom stereocenters. The summed E-state index contributed by atoms with van der Waals surface area (Å²) in [6.07, 6.45) is 0. The van der Waals surface area contributed by atoms with E-state index in [1.54, 1.807) is 0 Å². The zero-order valence-corrected chi connectivity index (χ0v) is 14.0. The Balaban J connectivity index is 2.06. The fourth-order valence-corrected chi connectivity index (χ4v) is 2.69. The van der Waals surface area contributed by atoms with Gasteiger partial charge in [-0.05, 0) is 55.8 Å². The van der Waals surface area contributed by atoms with E-state index in [9.17, 15) is 5.26 Å². The van der Waals surface area contributed by atoms with Gasteiger partial charge in [0.1, 0.15) is 0 Å². The van der Waals surface area contributed by atoms with Gasteiger partial charge in [0.05, 0.1) is 11.5 Å². The molecule has 24 heavy (non-hydrogen) atoms. The first-order valence-corrected chi connectivity index (χ1v) is 8.04. The molecule has 0 fully saturated rings. The van der Waals surface area contributed by atoms with Crippen LogP contribution in [0.2, 0.25) is 0 Å². The van der Waals surface area contributed by atoms with Crippen molar-refractivity contribution in [2.45, 2.75) is 19.3 Å². The summed E-state index contributed by atoms with van der Waals surface area (Å²) in [6, 6.07) is 31.2. The first kappa shape index (κ1) is 15.8. The minimum Gasteiger partial charge on any atom is -0.311 e. The Kier molecular flexibility index (Phi) is 4.35. The molecule has 0 heterocycles. The zero-order valence-electron chi connectivity index (χ0n) is 14.0. The maximum Gasteiger partial charge on any atom is 0.0766 e. The molecule has 0 saturated heterocycles. The van der Waals surface area contributed by atoms with Gasteiger partial charge in [0.2, 0.25) is 0 Å². The van der Waals surface area contributed by atoms with E-state index in [4.69, 9.17) is 0 Å². The number of anilines is 3. The molecule has 0 bridgehead atoms. The van der Waals surface area contributed by atoms with Crippen LogP contribution in [0.3, 0.4) is 0 Å². The Morgan fingerprint density at radius 3 is 1.50 bits per heavy atom. The quantitative estimate of drug-likeness (QED) is 0.594. The largest absolute Gasteiger partial charge is 0.311 e. The third kappa shape index (κ3) is 3.16. The van der Waals surface area contributed by atoms with Crippen LogP contribution in [0.25, 0.3) is 0 Å². The summed E-state index contributed by atoms with van der Waals surface area (Å²) in [5.41, 5.74) is 3.83. The van der Waals surface area contributed by atoms with Crippen molar-refractivity contribution in [3.05, 3.63) is 90.5 Å². The van der Waals surface area contributed by atoms with Gasteiger partial charge in [0.25, 0.3) is 0 Å². The average Bonchev–Trinajstić information content (AvgIpc) is 2.64. The Labute approximate surface area is 143 Å². The van der Waals surface area contributed by atoms with Crippen LogP contribution in [-0.2, 0) is 5.41 Å². The number of nitrogens with zero attached hydrogens (tertiary/aromatic N) is 2. The number of nitriles is 1. The van der Waals surface area contributed by atoms with Gasteiger partial charge in [-0.25, -0.2) is 0 Å². The Morgan fingerprint density at radius 2 is 1.08 bits per heavy atom. The molecule has 3 aromatic rings. The summed E-state index contributed by atoms with van der Waals surface area (Å²) in [7, 11) is 0. The lowest BCUT2D eigenvalue weighted by molar-refractivity contribution is 0.687. The highest BCUT2D eigenvalue weighted by molar-refractivity contribution is 5.76. The van der Waals surface area contributed by atoms with Gasteiger partial charge < -0.3 is 4.90 Å². The zero-order chi connectivity index (χ0) is 17.0. The van der Waals surface area contributed by atoms with Gasteiger partial charge in [-0.3, -0.25) is 0 Å². The molecule has 0 unspecified atom stereocenters. The van der Waals surface area contributed by atoms with Gasteiger partial charge in [0, 0.05) is 17.1 Å². The lowest BCUT2D eigenvalue weighted by Gasteiger charge is -2.26. The van der Waals surface area contributed by atoms with Crippen molar-refractivity contribution in [1.29, 1.82) is 5.26 Å². The molecule has 0 spiro atoms. The number of hydrogen-bond donors (Lipinski definition) is 0. The van der Waals surface area contributed by atoms with Gasteiger partial charge in [0.15, 0.2) is 0 Å². The maximum absolute atomic E-state index is 9.32. The summed E-state index contributed by atoms with van der Waals surface area (Å²) in [4.78, 5) is 2.21. The fourth-order valence-electron chi connectivity index (χ4n) is 2.69. The molecular weight excluding hydrogens is 292 g/mol. The Morgan fingerprint density at radius 1 is 0.667 bits per heavy atom. The Hall–Kier alpha value is -3.05. The van der Waals surface area contributed by atoms with E-state index >= 15 is 0 Å². The van der Waals surface area contributed by atoms with Crippen LogP contribution < -0.4 is 4.90 Å². The van der Waals surface area contributed by atoms with Crippen LogP contribution in [0.1, 0.15) is 19.4 Å². The Bertz CT molecular complexity index is 789. The molecule has 0 aliphatic rings. The molecule has 2 heteroatoms. The normalized spacial score (nSPS) is 10.9. The molecular formula is C22H20N2. The molecule has 2 nitrogen and oxygen atoms in total. The summed E-state index contributed by atoms with van der Waals surface area (Å²) < 4.78 is 0. The molecule has 0 aliphatic carbocycles. The summed E-state index contributed by atoms with van der Waals surface area (Å²) in [5.74, 6) is 0. The molecule has 0 amide bonds. The number of hydrogen-bond acceptors (Lipinski definition) is 2. The minimum atomic E-state index is -0.483. The lowest BCUT2D eigenvalue weighted by atomic mass is 9.86. The lowest BCUT2D eigenvalue weighted by Crippen LogP contribution is -2.14. The molecule has 0 aromatic heterocycles. The van der Waals surface area contributed by atoms with Crippen LogP contribution in [0.15, 0.2) is 84.9 Å². The van der Waals surface area contributed by atoms with Crippen molar-refractivity contribution in [1.82, 2.24) is 0 Å². The van der Waals surface area contributed by atoms with Gasteiger partial charge in [-0.1, -0.05) is 48.5 Å². The second kappa shape index (κ2) is 6.60. The molecule has 0 saturated carbocycles. The standard InChI is InChI=1S/C22H20N2/c1-22(2,17-23)18-13-15-21(16-14-18)24(19-9-5-3-6-10-19)20-11-7-4-8-12-20/h3-16H,1-2H3. The predicted octanol–water partition coefficient (Wildman–Crippen LogP) is 5.96. The van der Waals surface area contributed by atoms with Crippen molar-refractivity contribution < 1.29 is 0 Å². The molecule has 3 aromatic carbocycles. The van der Waals surface area contributed by atoms with Crippen molar-refractivity contribution in [2.75, 3.05) is 4.90 Å². The van der Waals surface area contributed by atoms with E-state index in [2.05, 4.69) is 47.4 Å². The topological polar surface area (TPSA) is 27.0 Å². The smallest absolute Gasteiger partial charge is 0.0766 e.